The third kappa shape index (κ3) is 23.7. The molecule has 0 radical (unpaired) electrons. The molecule has 6 aliphatic heterocycles. The van der Waals surface area contributed by atoms with Crippen molar-refractivity contribution in [3.05, 3.63) is 183 Å². The highest BCUT2D eigenvalue weighted by molar-refractivity contribution is 9.10. The first-order valence-corrected chi connectivity index (χ1v) is 38.6. The number of aliphatic carboxylic acids is 1. The molecule has 0 aliphatic carbocycles. The van der Waals surface area contributed by atoms with Gasteiger partial charge in [0.1, 0.15) is 45.4 Å². The molecule has 6 fully saturated rings. The maximum atomic E-state index is 13.7. The molecular weight excluding hydrogens is 1600 g/mol. The smallest absolute Gasteiger partial charge is 0.481 e. The van der Waals surface area contributed by atoms with Crippen LogP contribution in [0.4, 0.5) is 70.0 Å². The number of hydrogen-bond acceptors (Lipinski definition) is 15. The molecule has 0 atom stereocenters. The van der Waals surface area contributed by atoms with Gasteiger partial charge in [0.15, 0.2) is 0 Å². The maximum Gasteiger partial charge on any atom is 0.573 e. The van der Waals surface area contributed by atoms with E-state index in [0.717, 1.165) is 27.0 Å². The molecule has 2 N–H and O–H groups in total. The van der Waals surface area contributed by atoms with Gasteiger partial charge in [-0.25, -0.2) is 14.4 Å². The molecule has 0 aromatic heterocycles. The molecule has 33 heteroatoms. The van der Waals surface area contributed by atoms with Gasteiger partial charge >= 0.3 is 43.1 Å². The van der Waals surface area contributed by atoms with Crippen LogP contribution in [0.25, 0.3) is 0 Å². The number of nitrogens with one attached hydrogen (secondary N) is 1. The standard InChI is InChI=1S/C28H32F3N3O4.C27H30F3N3O5.C19H24F3N3O3.C9H9BrO.FH/c1-19(2)17-33-25(36)27(11-13-32(14-12-27)23-6-4-5-22(16-23)15-20(3)35)34(26(33)37)18-21-7-9-24(10-8-21)38-28(29,30)31;1-18(2)16-32-24(36)26(10-12-31(13-11-26)21-5-3-4-20(14-21)15-23(34)35)33(25(32)37)17-19-6-8-22(9-7-19)38-27(28,29)30;1-13(2)11-24-16(26)18(7-9-23-10-8-18)25(17(24)27)12-14-3-5-15(6-4-14)28-19(20,21)22;1-7(11)5-8-3-2-4-9(10)6-8;/h4-10,16,19H,11-15,17-18H2,1-3H3;3-9,14,18H,10-13,15-17H2,1-2H3,(H,34,35);3-6,13,23H,7-12H2,1-2H3;2-4,6H,5H2,1H3;1H. The van der Waals surface area contributed by atoms with Crippen molar-refractivity contribution in [2.75, 3.05) is 68.7 Å². The number of alkyl halides is 9. The lowest BCUT2D eigenvalue weighted by atomic mass is 9.85. The largest absolute Gasteiger partial charge is 0.573 e. The Labute approximate surface area is 674 Å². The molecule has 116 heavy (non-hydrogen) atoms. The number of urea groups is 3. The fourth-order valence-corrected chi connectivity index (χ4v) is 15.7. The second kappa shape index (κ2) is 38.6. The first-order valence-electron chi connectivity index (χ1n) is 37.8. The highest BCUT2D eigenvalue weighted by Crippen LogP contribution is 2.44. The number of piperidine rings is 3. The Morgan fingerprint density at radius 1 is 0.422 bits per heavy atom. The highest BCUT2D eigenvalue weighted by Gasteiger charge is 2.61. The predicted octanol–water partition coefficient (Wildman–Crippen LogP) is 15.7. The molecule has 6 aromatic rings. The number of Topliss-reactive ketones (excluding diaryl/α,β-unsaturated/α-hetero) is 2. The Morgan fingerprint density at radius 2 is 0.707 bits per heavy atom. The first-order chi connectivity index (χ1) is 54.1. The summed E-state index contributed by atoms with van der Waals surface area (Å²) in [6.45, 7) is 19.3. The molecular formula is C83H96BrF10N9O13. The second-order valence-electron chi connectivity index (χ2n) is 30.7. The lowest BCUT2D eigenvalue weighted by Crippen LogP contribution is -2.56. The van der Waals surface area contributed by atoms with Crippen molar-refractivity contribution in [2.45, 2.75) is 169 Å². The fraction of sp³-hybridized carbons (Fsp3) is 0.458. The third-order valence-electron chi connectivity index (χ3n) is 20.3. The summed E-state index contributed by atoms with van der Waals surface area (Å²) in [7, 11) is 0. The molecule has 6 aromatic carbocycles. The normalized spacial score (nSPS) is 17.2. The number of ether oxygens (including phenoxy) is 3. The number of carboxylic acid groups (broad SMARTS) is 1. The maximum absolute atomic E-state index is 13.7. The Kier molecular flexibility index (Phi) is 30.4. The quantitative estimate of drug-likeness (QED) is 0.0448. The van der Waals surface area contributed by atoms with E-state index in [-0.39, 0.29) is 114 Å². The summed E-state index contributed by atoms with van der Waals surface area (Å²) in [6.07, 6.45) is -11.0. The molecule has 0 saturated carbocycles. The number of amides is 9. The summed E-state index contributed by atoms with van der Waals surface area (Å²) in [5, 5.41) is 12.3. The van der Waals surface area contributed by atoms with Gasteiger partial charge in [0.2, 0.25) is 0 Å². The van der Waals surface area contributed by atoms with Crippen LogP contribution >= 0.6 is 15.9 Å². The van der Waals surface area contributed by atoms with E-state index in [2.05, 4.69) is 45.3 Å². The summed E-state index contributed by atoms with van der Waals surface area (Å²) < 4.78 is 125. The van der Waals surface area contributed by atoms with E-state index in [1.165, 1.54) is 87.5 Å². The van der Waals surface area contributed by atoms with E-state index < -0.39 is 47.7 Å². The number of nitrogens with zero attached hydrogens (tertiary/aromatic N) is 8. The Balaban J connectivity index is 0.000000205. The van der Waals surface area contributed by atoms with Gasteiger partial charge in [-0.3, -0.25) is 48.2 Å². The number of imide groups is 3. The van der Waals surface area contributed by atoms with Crippen molar-refractivity contribution in [2.24, 2.45) is 17.8 Å². The lowest BCUT2D eigenvalue weighted by molar-refractivity contribution is -0.275. The number of benzene rings is 6. The van der Waals surface area contributed by atoms with Crippen molar-refractivity contribution in [3.8, 4) is 17.2 Å². The molecule has 6 saturated heterocycles. The van der Waals surface area contributed by atoms with Gasteiger partial charge in [-0.1, -0.05) is 130 Å². The monoisotopic (exact) mass is 1700 g/mol. The van der Waals surface area contributed by atoms with Gasteiger partial charge in [-0.2, -0.15) is 0 Å². The fourth-order valence-electron chi connectivity index (χ4n) is 15.2. The number of hydrogen-bond donors (Lipinski definition) is 2. The van der Waals surface area contributed by atoms with E-state index in [9.17, 15) is 82.7 Å². The molecule has 12 rings (SSSR count). The van der Waals surface area contributed by atoms with Crippen LogP contribution < -0.4 is 29.3 Å². The number of carbonyl (C=O) groups is 9. The van der Waals surface area contributed by atoms with Crippen molar-refractivity contribution in [3.63, 3.8) is 0 Å². The molecule has 6 heterocycles. The topological polar surface area (TPSA) is 239 Å². The summed E-state index contributed by atoms with van der Waals surface area (Å²) >= 11 is 3.34. The van der Waals surface area contributed by atoms with Crippen LogP contribution in [0.2, 0.25) is 0 Å². The zero-order chi connectivity index (χ0) is 84.1. The zero-order valence-electron chi connectivity index (χ0n) is 65.5. The molecule has 22 nitrogen and oxygen atoms in total. The SMILES string of the molecule is CC(=O)Cc1cccc(Br)c1.CC(=O)Cc1cccc(N2CCC3(CC2)C(=O)N(CC(C)C)C(=O)N3Cc2ccc(OC(F)(F)F)cc2)c1.CC(C)CN1C(=O)N(Cc2ccc(OC(F)(F)F)cc2)C2(CCN(c3cccc(CC(=O)O)c3)CC2)C1=O.CC(C)CN1C(=O)N(Cc2ccc(OC(F)(F)F)cc2)C2(CCNCC2)C1=O.F. The molecule has 3 spiro atoms. The summed E-state index contributed by atoms with van der Waals surface area (Å²) in [5.74, 6) is -2.04. The Morgan fingerprint density at radius 3 is 0.983 bits per heavy atom. The average molecular weight is 1700 g/mol. The van der Waals surface area contributed by atoms with Gasteiger partial charge in [-0.05, 0) is 189 Å². The molecule has 9 amide bonds. The highest BCUT2D eigenvalue weighted by atomic mass is 79.9. The Bertz CT molecular complexity index is 4250. The van der Waals surface area contributed by atoms with Gasteiger partial charge in [-0.15, -0.1) is 39.5 Å². The molecule has 0 bridgehead atoms. The zero-order valence-corrected chi connectivity index (χ0v) is 67.1. The number of carbonyl (C=O) groups excluding carboxylic acids is 8. The number of anilines is 2. The minimum absolute atomic E-state index is 0. The van der Waals surface area contributed by atoms with Gasteiger partial charge in [0.25, 0.3) is 17.7 Å². The van der Waals surface area contributed by atoms with Crippen LogP contribution in [-0.4, -0.2) is 182 Å². The van der Waals surface area contributed by atoms with Crippen molar-refractivity contribution >= 4 is 80.7 Å². The number of halogens is 11. The predicted molar refractivity (Wildman–Crippen MR) is 415 cm³/mol. The number of ketones is 2. The molecule has 628 valence electrons. The lowest BCUT2D eigenvalue weighted by Gasteiger charge is -2.43. The second-order valence-corrected chi connectivity index (χ2v) is 31.6. The molecule has 6 aliphatic rings. The van der Waals surface area contributed by atoms with E-state index in [0.29, 0.717) is 126 Å². The van der Waals surface area contributed by atoms with Gasteiger partial charge < -0.3 is 49.1 Å². The number of carboxylic acids is 1. The third-order valence-corrected chi connectivity index (χ3v) is 20.8. The minimum Gasteiger partial charge on any atom is -0.481 e. The molecule has 0 unspecified atom stereocenters. The van der Waals surface area contributed by atoms with Crippen LogP contribution in [0.15, 0.2) is 150 Å². The summed E-state index contributed by atoms with van der Waals surface area (Å²) in [5.41, 5.74) is 3.30. The van der Waals surface area contributed by atoms with Crippen LogP contribution in [0.1, 0.15) is 127 Å². The Hall–Kier alpha value is -10.3. The van der Waals surface area contributed by atoms with Crippen LogP contribution in [-0.2, 0) is 67.7 Å². The van der Waals surface area contributed by atoms with Gasteiger partial charge in [0.05, 0.1) is 6.42 Å². The average Bonchev–Trinajstić information content (AvgIpc) is 1.59. The minimum atomic E-state index is -4.80. The van der Waals surface area contributed by atoms with E-state index in [4.69, 9.17) is 5.11 Å². The van der Waals surface area contributed by atoms with Crippen molar-refractivity contribution < 1.29 is 107 Å². The summed E-state index contributed by atoms with van der Waals surface area (Å²) in [4.78, 5) is 127. The first kappa shape index (κ1) is 91.2. The van der Waals surface area contributed by atoms with Crippen LogP contribution in [0, 0.1) is 17.8 Å². The van der Waals surface area contributed by atoms with Crippen molar-refractivity contribution in [1.29, 1.82) is 0 Å². The van der Waals surface area contributed by atoms with Crippen LogP contribution in [0.3, 0.4) is 0 Å². The summed E-state index contributed by atoms with van der Waals surface area (Å²) in [6, 6.07) is 37.8. The number of rotatable bonds is 23. The van der Waals surface area contributed by atoms with Gasteiger partial charge in [0, 0.05) is 94.1 Å². The van der Waals surface area contributed by atoms with E-state index >= 15 is 0 Å². The van der Waals surface area contributed by atoms with Crippen molar-refractivity contribution in [1.82, 2.24) is 34.7 Å². The van der Waals surface area contributed by atoms with E-state index in [1.54, 1.807) is 40.7 Å². The van der Waals surface area contributed by atoms with Crippen LogP contribution in [0.5, 0.6) is 17.2 Å². The van der Waals surface area contributed by atoms with E-state index in [1.807, 2.05) is 102 Å².